The van der Waals surface area contributed by atoms with E-state index in [0.29, 0.717) is 39.1 Å². The van der Waals surface area contributed by atoms with Crippen molar-refractivity contribution >= 4 is 17.8 Å². The molecule has 26 heavy (non-hydrogen) atoms. The summed E-state index contributed by atoms with van der Waals surface area (Å²) in [6, 6.07) is -0.409. The lowest BCUT2D eigenvalue weighted by atomic mass is 10.1. The molecule has 1 aromatic rings. The lowest BCUT2D eigenvalue weighted by Crippen LogP contribution is -2.55. The van der Waals surface area contributed by atoms with Gasteiger partial charge in [0.05, 0.1) is 6.20 Å². The van der Waals surface area contributed by atoms with E-state index in [1.165, 1.54) is 0 Å². The molecule has 0 bridgehead atoms. The molecule has 2 saturated heterocycles. The molecule has 3 heterocycles. The summed E-state index contributed by atoms with van der Waals surface area (Å²) in [6.07, 6.45) is 6.18. The van der Waals surface area contributed by atoms with Gasteiger partial charge in [-0.15, -0.1) is 0 Å². The molecule has 3 rings (SSSR count). The highest BCUT2D eigenvalue weighted by Crippen LogP contribution is 2.23. The summed E-state index contributed by atoms with van der Waals surface area (Å²) in [6.45, 7) is 8.75. The van der Waals surface area contributed by atoms with Gasteiger partial charge in [0.25, 0.3) is 0 Å². The first-order valence-corrected chi connectivity index (χ1v) is 9.14. The zero-order valence-corrected chi connectivity index (χ0v) is 15.7. The highest BCUT2D eigenvalue weighted by Gasteiger charge is 2.39. The van der Waals surface area contributed by atoms with Crippen LogP contribution in [0.2, 0.25) is 0 Å². The summed E-state index contributed by atoms with van der Waals surface area (Å²) in [5.74, 6) is 0.850. The number of carbonyl (C=O) groups excluding carboxylic acids is 2. The maximum atomic E-state index is 13.0. The van der Waals surface area contributed by atoms with E-state index in [2.05, 4.69) is 14.9 Å². The number of piperazine rings is 1. The fraction of sp³-hybridized carbons (Fsp3) is 0.667. The average molecular weight is 361 g/mol. The fourth-order valence-corrected chi connectivity index (χ4v) is 3.38. The Morgan fingerprint density at radius 2 is 1.85 bits per heavy atom. The van der Waals surface area contributed by atoms with Gasteiger partial charge in [-0.1, -0.05) is 0 Å². The Hall–Kier alpha value is -2.38. The van der Waals surface area contributed by atoms with E-state index in [9.17, 15) is 9.59 Å². The van der Waals surface area contributed by atoms with Crippen molar-refractivity contribution in [3.05, 3.63) is 18.6 Å². The third-order valence-electron chi connectivity index (χ3n) is 4.63. The number of aromatic nitrogens is 2. The van der Waals surface area contributed by atoms with Crippen molar-refractivity contribution in [2.75, 3.05) is 37.6 Å². The molecule has 0 radical (unpaired) electrons. The van der Waals surface area contributed by atoms with Crippen LogP contribution in [-0.2, 0) is 9.53 Å². The van der Waals surface area contributed by atoms with Crippen LogP contribution in [0.4, 0.5) is 10.6 Å². The Morgan fingerprint density at radius 1 is 1.12 bits per heavy atom. The number of likely N-dealkylation sites (tertiary alicyclic amines) is 1. The van der Waals surface area contributed by atoms with Crippen molar-refractivity contribution in [2.24, 2.45) is 0 Å². The van der Waals surface area contributed by atoms with E-state index in [4.69, 9.17) is 4.74 Å². The number of nitrogens with zero attached hydrogens (tertiary/aromatic N) is 5. The van der Waals surface area contributed by atoms with E-state index in [1.807, 2.05) is 25.7 Å². The number of rotatable bonds is 2. The van der Waals surface area contributed by atoms with Gasteiger partial charge >= 0.3 is 6.09 Å². The summed E-state index contributed by atoms with van der Waals surface area (Å²) >= 11 is 0. The molecule has 0 unspecified atom stereocenters. The van der Waals surface area contributed by atoms with E-state index < -0.39 is 17.7 Å². The molecule has 142 valence electrons. The van der Waals surface area contributed by atoms with Crippen molar-refractivity contribution in [2.45, 2.75) is 45.3 Å². The van der Waals surface area contributed by atoms with Crippen molar-refractivity contribution in [3.8, 4) is 0 Å². The fourth-order valence-electron chi connectivity index (χ4n) is 3.38. The number of amides is 2. The molecule has 8 heteroatoms. The number of hydrogen-bond acceptors (Lipinski definition) is 6. The molecule has 0 aliphatic carbocycles. The monoisotopic (exact) mass is 361 g/mol. The highest BCUT2D eigenvalue weighted by atomic mass is 16.6. The Labute approximate surface area is 154 Å². The quantitative estimate of drug-likeness (QED) is 0.795. The predicted molar refractivity (Wildman–Crippen MR) is 96.8 cm³/mol. The number of hydrogen-bond donors (Lipinski definition) is 0. The van der Waals surface area contributed by atoms with Gasteiger partial charge in [-0.05, 0) is 33.6 Å². The van der Waals surface area contributed by atoms with Gasteiger partial charge in [0, 0.05) is 45.1 Å². The topological polar surface area (TPSA) is 78.9 Å². The third kappa shape index (κ3) is 4.23. The van der Waals surface area contributed by atoms with Crippen LogP contribution in [0.3, 0.4) is 0 Å². The van der Waals surface area contributed by atoms with Crippen LogP contribution in [0.15, 0.2) is 18.6 Å². The van der Waals surface area contributed by atoms with Crippen LogP contribution in [0, 0.1) is 0 Å². The Balaban J connectivity index is 1.58. The molecule has 2 fully saturated rings. The molecule has 1 atom stereocenters. The minimum absolute atomic E-state index is 0.0205. The van der Waals surface area contributed by atoms with Gasteiger partial charge in [-0.25, -0.2) is 9.78 Å². The molecule has 2 aliphatic heterocycles. The van der Waals surface area contributed by atoms with E-state index in [0.717, 1.165) is 12.2 Å². The number of carbonyl (C=O) groups is 2. The largest absolute Gasteiger partial charge is 0.444 e. The molecule has 8 nitrogen and oxygen atoms in total. The summed E-state index contributed by atoms with van der Waals surface area (Å²) in [4.78, 5) is 39.3. The molecular weight excluding hydrogens is 334 g/mol. The minimum Gasteiger partial charge on any atom is -0.444 e. The first-order valence-electron chi connectivity index (χ1n) is 9.14. The summed E-state index contributed by atoms with van der Waals surface area (Å²) in [5.41, 5.74) is -0.560. The molecule has 2 amide bonds. The second-order valence-electron chi connectivity index (χ2n) is 7.71. The van der Waals surface area contributed by atoms with Gasteiger partial charge in [0.2, 0.25) is 5.91 Å². The van der Waals surface area contributed by atoms with Gasteiger partial charge in [0.1, 0.15) is 17.5 Å². The zero-order chi connectivity index (χ0) is 18.7. The van der Waals surface area contributed by atoms with Crippen LogP contribution in [0.1, 0.15) is 33.6 Å². The molecular formula is C18H27N5O3. The van der Waals surface area contributed by atoms with Crippen LogP contribution >= 0.6 is 0 Å². The van der Waals surface area contributed by atoms with Crippen LogP contribution in [-0.4, -0.2) is 76.1 Å². The SMILES string of the molecule is CC(C)(C)OC(=O)N1CCC[C@@H]1C(=O)N1CCN(c2cnccn2)CC1. The lowest BCUT2D eigenvalue weighted by molar-refractivity contribution is -0.136. The Kier molecular flexibility index (Phi) is 5.29. The van der Waals surface area contributed by atoms with Crippen LogP contribution in [0.25, 0.3) is 0 Å². The summed E-state index contributed by atoms with van der Waals surface area (Å²) < 4.78 is 5.46. The van der Waals surface area contributed by atoms with Gasteiger partial charge in [0.15, 0.2) is 0 Å². The van der Waals surface area contributed by atoms with Crippen molar-refractivity contribution < 1.29 is 14.3 Å². The number of anilines is 1. The Bertz CT molecular complexity index is 638. The first kappa shape index (κ1) is 18.4. The maximum Gasteiger partial charge on any atom is 0.410 e. The Morgan fingerprint density at radius 3 is 2.46 bits per heavy atom. The molecule has 0 spiro atoms. The van der Waals surface area contributed by atoms with Gasteiger partial charge < -0.3 is 14.5 Å². The zero-order valence-electron chi connectivity index (χ0n) is 15.7. The first-order chi connectivity index (χ1) is 12.3. The second kappa shape index (κ2) is 7.47. The number of ether oxygens (including phenoxy) is 1. The van der Waals surface area contributed by atoms with Crippen LogP contribution in [0.5, 0.6) is 0 Å². The summed E-state index contributed by atoms with van der Waals surface area (Å²) in [7, 11) is 0. The second-order valence-corrected chi connectivity index (χ2v) is 7.71. The predicted octanol–water partition coefficient (Wildman–Crippen LogP) is 1.52. The van der Waals surface area contributed by atoms with E-state index in [-0.39, 0.29) is 5.91 Å². The van der Waals surface area contributed by atoms with Crippen LogP contribution < -0.4 is 4.90 Å². The lowest BCUT2D eigenvalue weighted by Gasteiger charge is -2.37. The average Bonchev–Trinajstić information content (AvgIpc) is 3.10. The third-order valence-corrected chi connectivity index (χ3v) is 4.63. The minimum atomic E-state index is -0.560. The molecule has 0 N–H and O–H groups in total. The van der Waals surface area contributed by atoms with E-state index >= 15 is 0 Å². The molecule has 1 aromatic heterocycles. The van der Waals surface area contributed by atoms with Crippen molar-refractivity contribution in [3.63, 3.8) is 0 Å². The van der Waals surface area contributed by atoms with Crippen molar-refractivity contribution in [1.29, 1.82) is 0 Å². The molecule has 2 aliphatic rings. The maximum absolute atomic E-state index is 13.0. The standard InChI is InChI=1S/C18H27N5O3/c1-18(2,3)26-17(25)23-8-4-5-14(23)16(24)22-11-9-21(10-12-22)15-13-19-6-7-20-15/h6-7,13-14H,4-5,8-12H2,1-3H3/t14-/m1/s1. The normalized spacial score (nSPS) is 21.0. The summed E-state index contributed by atoms with van der Waals surface area (Å²) in [5, 5.41) is 0. The van der Waals surface area contributed by atoms with E-state index in [1.54, 1.807) is 23.5 Å². The smallest absolute Gasteiger partial charge is 0.410 e. The van der Waals surface area contributed by atoms with Gasteiger partial charge in [-0.2, -0.15) is 0 Å². The molecule has 0 saturated carbocycles. The molecule has 0 aromatic carbocycles. The van der Waals surface area contributed by atoms with Gasteiger partial charge in [-0.3, -0.25) is 14.7 Å². The highest BCUT2D eigenvalue weighted by molar-refractivity contribution is 5.86. The van der Waals surface area contributed by atoms with Crippen molar-refractivity contribution in [1.82, 2.24) is 19.8 Å².